The molecule has 0 fully saturated rings. The summed E-state index contributed by atoms with van der Waals surface area (Å²) in [4.78, 5) is 20.5. The Balaban J connectivity index is 2.17. The molecule has 6 heteroatoms. The highest BCUT2D eigenvalue weighted by Gasteiger charge is 2.19. The van der Waals surface area contributed by atoms with Gasteiger partial charge in [0.05, 0.1) is 6.54 Å². The van der Waals surface area contributed by atoms with Gasteiger partial charge in [-0.1, -0.05) is 11.6 Å². The van der Waals surface area contributed by atoms with Gasteiger partial charge in [-0.2, -0.15) is 0 Å². The van der Waals surface area contributed by atoms with E-state index in [2.05, 4.69) is 4.98 Å². The molecular weight excluding hydrogens is 302 g/mol. The summed E-state index contributed by atoms with van der Waals surface area (Å²) in [5.41, 5.74) is 0.342. The molecule has 0 aliphatic carbocycles. The highest BCUT2D eigenvalue weighted by Crippen LogP contribution is 2.14. The number of hydrogen-bond donors (Lipinski definition) is 0. The van der Waals surface area contributed by atoms with Crippen LogP contribution in [0.15, 0.2) is 34.9 Å². The SMILES string of the molecule is Cc1ccc(CN(CCN(C)C)C(=O)c2cc(Cl)ccn2)o1. The van der Waals surface area contributed by atoms with E-state index < -0.39 is 0 Å². The molecule has 0 saturated carbocycles. The van der Waals surface area contributed by atoms with E-state index in [9.17, 15) is 4.79 Å². The van der Waals surface area contributed by atoms with Crippen molar-refractivity contribution < 1.29 is 9.21 Å². The lowest BCUT2D eigenvalue weighted by Gasteiger charge is -2.23. The highest BCUT2D eigenvalue weighted by molar-refractivity contribution is 6.30. The minimum atomic E-state index is -0.154. The predicted molar refractivity (Wildman–Crippen MR) is 86.0 cm³/mol. The number of halogens is 1. The second-order valence-corrected chi connectivity index (χ2v) is 5.84. The largest absolute Gasteiger partial charge is 0.464 e. The molecule has 0 N–H and O–H groups in total. The topological polar surface area (TPSA) is 49.6 Å². The number of nitrogens with zero attached hydrogens (tertiary/aromatic N) is 3. The molecule has 118 valence electrons. The Labute approximate surface area is 135 Å². The summed E-state index contributed by atoms with van der Waals surface area (Å²) >= 11 is 5.95. The number of aryl methyl sites for hydroxylation is 1. The van der Waals surface area contributed by atoms with Crippen LogP contribution in [0.5, 0.6) is 0 Å². The van der Waals surface area contributed by atoms with Crippen molar-refractivity contribution >= 4 is 17.5 Å². The van der Waals surface area contributed by atoms with Gasteiger partial charge in [-0.05, 0) is 45.3 Å². The van der Waals surface area contributed by atoms with Crippen molar-refractivity contribution in [2.45, 2.75) is 13.5 Å². The van der Waals surface area contributed by atoms with Crippen LogP contribution in [0.3, 0.4) is 0 Å². The molecule has 0 atom stereocenters. The third-order valence-electron chi connectivity index (χ3n) is 3.19. The first-order valence-electron chi connectivity index (χ1n) is 7.06. The number of carbonyl (C=O) groups excluding carboxylic acids is 1. The van der Waals surface area contributed by atoms with E-state index >= 15 is 0 Å². The first-order chi connectivity index (χ1) is 10.5. The second kappa shape index (κ2) is 7.42. The molecule has 2 aromatic heterocycles. The zero-order chi connectivity index (χ0) is 16.1. The van der Waals surface area contributed by atoms with Crippen LogP contribution < -0.4 is 0 Å². The van der Waals surface area contributed by atoms with Crippen molar-refractivity contribution in [2.75, 3.05) is 27.2 Å². The maximum atomic E-state index is 12.7. The summed E-state index contributed by atoms with van der Waals surface area (Å²) in [7, 11) is 3.94. The molecule has 2 heterocycles. The van der Waals surface area contributed by atoms with E-state index in [1.165, 1.54) is 6.20 Å². The molecule has 2 aromatic rings. The number of carbonyl (C=O) groups is 1. The fourth-order valence-electron chi connectivity index (χ4n) is 2.02. The van der Waals surface area contributed by atoms with Gasteiger partial charge in [-0.3, -0.25) is 9.78 Å². The van der Waals surface area contributed by atoms with E-state index in [4.69, 9.17) is 16.0 Å². The quantitative estimate of drug-likeness (QED) is 0.821. The highest BCUT2D eigenvalue weighted by atomic mass is 35.5. The summed E-state index contributed by atoms with van der Waals surface area (Å²) in [6.07, 6.45) is 1.54. The minimum Gasteiger partial charge on any atom is -0.464 e. The molecule has 0 unspecified atom stereocenters. The Bertz CT molecular complexity index is 640. The third-order valence-corrected chi connectivity index (χ3v) is 3.42. The van der Waals surface area contributed by atoms with Gasteiger partial charge in [-0.15, -0.1) is 0 Å². The van der Waals surface area contributed by atoms with Gasteiger partial charge in [0, 0.05) is 24.3 Å². The number of hydrogen-bond acceptors (Lipinski definition) is 4. The van der Waals surface area contributed by atoms with Gasteiger partial charge < -0.3 is 14.2 Å². The van der Waals surface area contributed by atoms with E-state index in [0.29, 0.717) is 23.8 Å². The van der Waals surface area contributed by atoms with E-state index in [0.717, 1.165) is 18.1 Å². The summed E-state index contributed by atoms with van der Waals surface area (Å²) < 4.78 is 5.58. The van der Waals surface area contributed by atoms with Crippen molar-refractivity contribution in [3.63, 3.8) is 0 Å². The van der Waals surface area contributed by atoms with Crippen LogP contribution >= 0.6 is 11.6 Å². The van der Waals surface area contributed by atoms with E-state index in [1.807, 2.05) is 38.1 Å². The van der Waals surface area contributed by atoms with Crippen molar-refractivity contribution in [1.82, 2.24) is 14.8 Å². The van der Waals surface area contributed by atoms with Crippen LogP contribution in [-0.4, -0.2) is 47.9 Å². The molecule has 2 rings (SSSR count). The average Bonchev–Trinajstić information content (AvgIpc) is 2.88. The first kappa shape index (κ1) is 16.5. The van der Waals surface area contributed by atoms with Crippen LogP contribution in [0, 0.1) is 6.92 Å². The summed E-state index contributed by atoms with van der Waals surface area (Å²) in [5.74, 6) is 1.43. The van der Waals surface area contributed by atoms with Crippen molar-refractivity contribution in [1.29, 1.82) is 0 Å². The maximum Gasteiger partial charge on any atom is 0.272 e. The molecule has 0 spiro atoms. The Morgan fingerprint density at radius 1 is 1.27 bits per heavy atom. The van der Waals surface area contributed by atoms with Crippen LogP contribution in [0.2, 0.25) is 5.02 Å². The fraction of sp³-hybridized carbons (Fsp3) is 0.375. The first-order valence-corrected chi connectivity index (χ1v) is 7.44. The monoisotopic (exact) mass is 321 g/mol. The molecule has 0 aromatic carbocycles. The molecule has 0 aliphatic rings. The number of furan rings is 1. The second-order valence-electron chi connectivity index (χ2n) is 5.40. The van der Waals surface area contributed by atoms with Crippen molar-refractivity contribution in [2.24, 2.45) is 0 Å². The predicted octanol–water partition coefficient (Wildman–Crippen LogP) is 2.84. The number of amides is 1. The van der Waals surface area contributed by atoms with Crippen LogP contribution in [0.1, 0.15) is 22.0 Å². The van der Waals surface area contributed by atoms with Gasteiger partial charge in [-0.25, -0.2) is 0 Å². The fourth-order valence-corrected chi connectivity index (χ4v) is 2.17. The van der Waals surface area contributed by atoms with E-state index in [1.54, 1.807) is 17.0 Å². The lowest BCUT2D eigenvalue weighted by atomic mass is 10.3. The summed E-state index contributed by atoms with van der Waals surface area (Å²) in [5, 5.41) is 0.500. The van der Waals surface area contributed by atoms with Gasteiger partial charge in [0.2, 0.25) is 0 Å². The molecule has 0 saturated heterocycles. The van der Waals surface area contributed by atoms with E-state index in [-0.39, 0.29) is 5.91 Å². The minimum absolute atomic E-state index is 0.154. The van der Waals surface area contributed by atoms with Crippen molar-refractivity contribution in [3.05, 3.63) is 52.7 Å². The lowest BCUT2D eigenvalue weighted by Crippen LogP contribution is -2.36. The lowest BCUT2D eigenvalue weighted by molar-refractivity contribution is 0.0713. The number of likely N-dealkylation sites (N-methyl/N-ethyl adjacent to an activating group) is 1. The average molecular weight is 322 g/mol. The van der Waals surface area contributed by atoms with Gasteiger partial charge >= 0.3 is 0 Å². The van der Waals surface area contributed by atoms with Gasteiger partial charge in [0.1, 0.15) is 17.2 Å². The zero-order valence-corrected chi connectivity index (χ0v) is 13.8. The molecule has 0 radical (unpaired) electrons. The zero-order valence-electron chi connectivity index (χ0n) is 13.0. The Morgan fingerprint density at radius 2 is 2.05 bits per heavy atom. The van der Waals surface area contributed by atoms with Crippen LogP contribution in [0.4, 0.5) is 0 Å². The van der Waals surface area contributed by atoms with Crippen LogP contribution in [0.25, 0.3) is 0 Å². The number of rotatable bonds is 6. The molecule has 1 amide bonds. The Hall–Kier alpha value is -1.85. The molecule has 22 heavy (non-hydrogen) atoms. The Kier molecular flexibility index (Phi) is 5.57. The summed E-state index contributed by atoms with van der Waals surface area (Å²) in [6, 6.07) is 7.01. The maximum absolute atomic E-state index is 12.7. The van der Waals surface area contributed by atoms with Gasteiger partial charge in [0.15, 0.2) is 0 Å². The van der Waals surface area contributed by atoms with Crippen LogP contribution in [-0.2, 0) is 6.54 Å². The smallest absolute Gasteiger partial charge is 0.272 e. The number of pyridine rings is 1. The third kappa shape index (κ3) is 4.58. The molecular formula is C16H20ClN3O2. The number of aromatic nitrogens is 1. The van der Waals surface area contributed by atoms with Gasteiger partial charge in [0.25, 0.3) is 5.91 Å². The summed E-state index contributed by atoms with van der Waals surface area (Å²) in [6.45, 7) is 3.63. The molecule has 0 bridgehead atoms. The standard InChI is InChI=1S/C16H20ClN3O2/c1-12-4-5-14(22-12)11-20(9-8-19(2)3)16(21)15-10-13(17)6-7-18-15/h4-7,10H,8-9,11H2,1-3H3. The van der Waals surface area contributed by atoms with Crippen molar-refractivity contribution in [3.8, 4) is 0 Å². The molecule has 5 nitrogen and oxygen atoms in total. The molecule has 0 aliphatic heterocycles. The normalized spacial score (nSPS) is 11.0. The Morgan fingerprint density at radius 3 is 2.64 bits per heavy atom.